The molecule has 0 aliphatic rings. The predicted octanol–water partition coefficient (Wildman–Crippen LogP) is 15.6. The van der Waals surface area contributed by atoms with Gasteiger partial charge in [-0.2, -0.15) is 0 Å². The van der Waals surface area contributed by atoms with Gasteiger partial charge in [-0.25, -0.2) is 9.59 Å². The minimum absolute atomic E-state index is 0.197. The lowest BCUT2D eigenvalue weighted by molar-refractivity contribution is -0.147. The third-order valence-electron chi connectivity index (χ3n) is 12.3. The average molecular weight is 1190 g/mol. The lowest BCUT2D eigenvalue weighted by atomic mass is 10.0. The molecule has 0 aliphatic heterocycles. The molecule has 0 fully saturated rings. The fourth-order valence-electron chi connectivity index (χ4n) is 7.05. The monoisotopic (exact) mass is 1190 g/mol. The fraction of sp³-hybridized carbons (Fsp3) is 0.444. The molecule has 0 N–H and O–H groups in total. The van der Waals surface area contributed by atoms with Crippen LogP contribution >= 0.6 is 0 Å². The van der Waals surface area contributed by atoms with E-state index in [0.717, 1.165) is 22.8 Å². The summed E-state index contributed by atoms with van der Waals surface area (Å²) in [5.74, 6) is 1.66. The standard InChI is InChI=1S/C19H28O3.C18H24O4.C18H26O3.C17H22O4/c1-15(2)17(5)22-12-11-20-9-10-21-14-18-7-6-8-19(13-18)16(3)4;1-13(2)16-8-5-7-15(11-16)12-22-17(19)9-6-10-21-18(20)14(3)4;1-5-16(4)21-12-11-19-9-10-20-14-17-7-6-8-18(13-17)15(2)3;1-4-16(18)20-10-6-9-17(19)21-12-14-7-5-8-15(11-14)13(2)3/h6-8,13,16H,1,5,9-12,14H2,2-4H3;5,7-8,11,13H,3,6,9-10,12H2,1-2,4H3;5-8,13,15H,1,4,9-12,14H2,2-3H3;4-5,7-8,11,13H,1,6,9-10,12H2,2-3H3. The molecular formula is C72H100O14. The quantitative estimate of drug-likeness (QED) is 0.0104. The Labute approximate surface area is 515 Å². The molecular weight excluding hydrogens is 1090 g/mol. The normalized spacial score (nSPS) is 10.5. The molecule has 0 bridgehead atoms. The van der Waals surface area contributed by atoms with E-state index < -0.39 is 11.9 Å². The van der Waals surface area contributed by atoms with Gasteiger partial charge < -0.3 is 47.4 Å². The third-order valence-corrected chi connectivity index (χ3v) is 12.3. The van der Waals surface area contributed by atoms with Gasteiger partial charge in [0.25, 0.3) is 0 Å². The molecule has 4 aromatic carbocycles. The van der Waals surface area contributed by atoms with Crippen LogP contribution in [-0.2, 0) is 93.0 Å². The highest BCUT2D eigenvalue weighted by Gasteiger charge is 2.10. The summed E-state index contributed by atoms with van der Waals surface area (Å²) in [5, 5.41) is 0. The van der Waals surface area contributed by atoms with Gasteiger partial charge >= 0.3 is 23.9 Å². The first-order valence-electron chi connectivity index (χ1n) is 29.6. The second-order valence-corrected chi connectivity index (χ2v) is 21.3. The molecule has 14 heteroatoms. The van der Waals surface area contributed by atoms with Crippen molar-refractivity contribution in [2.45, 2.75) is 145 Å². The van der Waals surface area contributed by atoms with Gasteiger partial charge in [0.1, 0.15) is 37.9 Å². The molecule has 4 aromatic rings. The van der Waals surface area contributed by atoms with Crippen molar-refractivity contribution in [3.05, 3.63) is 216 Å². The predicted molar refractivity (Wildman–Crippen MR) is 343 cm³/mol. The van der Waals surface area contributed by atoms with Crippen molar-refractivity contribution in [3.63, 3.8) is 0 Å². The molecule has 472 valence electrons. The van der Waals surface area contributed by atoms with E-state index >= 15 is 0 Å². The summed E-state index contributed by atoms with van der Waals surface area (Å²) in [5.41, 5.74) is 10.7. The zero-order chi connectivity index (χ0) is 64.1. The summed E-state index contributed by atoms with van der Waals surface area (Å²) in [4.78, 5) is 45.1. The molecule has 86 heavy (non-hydrogen) atoms. The van der Waals surface area contributed by atoms with Crippen molar-refractivity contribution in [1.82, 2.24) is 0 Å². The Morgan fingerprint density at radius 3 is 1.09 bits per heavy atom. The van der Waals surface area contributed by atoms with Crippen molar-refractivity contribution in [2.75, 3.05) is 66.1 Å². The van der Waals surface area contributed by atoms with Gasteiger partial charge in [0, 0.05) is 24.5 Å². The lowest BCUT2D eigenvalue weighted by Crippen LogP contribution is -2.09. The number of allylic oxidation sites excluding steroid dienone is 2. The topological polar surface area (TPSA) is 161 Å². The molecule has 0 spiro atoms. The lowest BCUT2D eigenvalue weighted by Gasteiger charge is -2.10. The van der Waals surface area contributed by atoms with Crippen molar-refractivity contribution in [2.24, 2.45) is 0 Å². The summed E-state index contributed by atoms with van der Waals surface area (Å²) < 4.78 is 52.8. The molecule has 0 unspecified atom stereocenters. The molecule has 0 radical (unpaired) electrons. The number of carbonyl (C=O) groups excluding carboxylic acids is 4. The van der Waals surface area contributed by atoms with Gasteiger partial charge in [-0.05, 0) is 107 Å². The highest BCUT2D eigenvalue weighted by molar-refractivity contribution is 5.87. The van der Waals surface area contributed by atoms with Gasteiger partial charge in [-0.3, -0.25) is 9.59 Å². The summed E-state index contributed by atoms with van der Waals surface area (Å²) in [6.45, 7) is 48.7. The smallest absolute Gasteiger partial charge is 0.333 e. The van der Waals surface area contributed by atoms with E-state index in [4.69, 9.17) is 47.4 Å². The fourth-order valence-corrected chi connectivity index (χ4v) is 7.05. The van der Waals surface area contributed by atoms with Crippen LogP contribution in [0.15, 0.2) is 171 Å². The van der Waals surface area contributed by atoms with E-state index in [2.05, 4.69) is 156 Å². The minimum Gasteiger partial charge on any atom is -0.492 e. The van der Waals surface area contributed by atoms with E-state index in [0.29, 0.717) is 120 Å². The zero-order valence-electron chi connectivity index (χ0n) is 53.4. The van der Waals surface area contributed by atoms with Crippen LogP contribution in [0.4, 0.5) is 0 Å². The zero-order valence-corrected chi connectivity index (χ0v) is 53.4. The summed E-state index contributed by atoms with van der Waals surface area (Å²) in [6.07, 6.45) is 4.03. The van der Waals surface area contributed by atoms with E-state index in [9.17, 15) is 19.2 Å². The molecule has 4 rings (SSSR count). The van der Waals surface area contributed by atoms with E-state index in [-0.39, 0.29) is 51.2 Å². The Morgan fingerprint density at radius 1 is 0.395 bits per heavy atom. The van der Waals surface area contributed by atoms with Crippen molar-refractivity contribution in [1.29, 1.82) is 0 Å². The van der Waals surface area contributed by atoms with Crippen molar-refractivity contribution >= 4 is 23.9 Å². The summed E-state index contributed by atoms with van der Waals surface area (Å²) in [6, 6.07) is 33.0. The number of esters is 4. The van der Waals surface area contributed by atoms with E-state index in [1.165, 1.54) is 33.4 Å². The number of hydrogen-bond donors (Lipinski definition) is 0. The van der Waals surface area contributed by atoms with Crippen molar-refractivity contribution in [3.8, 4) is 0 Å². The van der Waals surface area contributed by atoms with E-state index in [1.807, 2.05) is 43.3 Å². The van der Waals surface area contributed by atoms with Gasteiger partial charge in [0.15, 0.2) is 0 Å². The van der Waals surface area contributed by atoms with Crippen LogP contribution in [0, 0.1) is 0 Å². The molecule has 14 nitrogen and oxygen atoms in total. The average Bonchev–Trinajstić information content (AvgIpc) is 3.71. The second kappa shape index (κ2) is 46.9. The number of benzene rings is 4. The maximum absolute atomic E-state index is 11.6. The third kappa shape index (κ3) is 38.6. The summed E-state index contributed by atoms with van der Waals surface area (Å²) in [7, 11) is 0. The first-order chi connectivity index (χ1) is 41.1. The second-order valence-electron chi connectivity index (χ2n) is 21.3. The Morgan fingerprint density at radius 2 is 0.744 bits per heavy atom. The van der Waals surface area contributed by atoms with Crippen LogP contribution in [0.1, 0.15) is 163 Å². The van der Waals surface area contributed by atoms with Gasteiger partial charge in [-0.15, -0.1) is 0 Å². The van der Waals surface area contributed by atoms with Gasteiger partial charge in [-0.1, -0.05) is 192 Å². The minimum atomic E-state index is -0.478. The first kappa shape index (κ1) is 76.7. The van der Waals surface area contributed by atoms with Crippen molar-refractivity contribution < 1.29 is 66.5 Å². The summed E-state index contributed by atoms with van der Waals surface area (Å²) >= 11 is 0. The van der Waals surface area contributed by atoms with Gasteiger partial charge in [0.2, 0.25) is 0 Å². The van der Waals surface area contributed by atoms with Crippen LogP contribution in [-0.4, -0.2) is 89.9 Å². The number of ether oxygens (including phenoxy) is 10. The molecule has 0 saturated heterocycles. The highest BCUT2D eigenvalue weighted by atomic mass is 16.6. The molecule has 0 heterocycles. The molecule has 0 saturated carbocycles. The number of hydrogen-bond acceptors (Lipinski definition) is 14. The maximum Gasteiger partial charge on any atom is 0.333 e. The highest BCUT2D eigenvalue weighted by Crippen LogP contribution is 2.20. The number of rotatable bonds is 38. The molecule has 0 atom stereocenters. The molecule has 0 aliphatic carbocycles. The van der Waals surface area contributed by atoms with Crippen LogP contribution in [0.25, 0.3) is 0 Å². The van der Waals surface area contributed by atoms with E-state index in [1.54, 1.807) is 13.0 Å². The number of carbonyl (C=O) groups is 4. The first-order valence-corrected chi connectivity index (χ1v) is 29.6. The molecule has 0 amide bonds. The SMILES string of the molecule is C=C(C)C(=C)OCCOCCOCc1cccc(C(C)C)c1.C=C(C)C(=O)OCCCC(=O)OCc1cccc(C(C)C)c1.C=CC(=C)OCCOCCOCc1cccc(C(C)C)c1.C=CC(=O)OCCCC(=O)OCc1cccc(C(C)C)c1. The van der Waals surface area contributed by atoms with Crippen LogP contribution in [0.3, 0.4) is 0 Å². The van der Waals surface area contributed by atoms with Gasteiger partial charge in [0.05, 0.1) is 66.1 Å². The Balaban J connectivity index is 0.000000573. The van der Waals surface area contributed by atoms with Crippen LogP contribution in [0.2, 0.25) is 0 Å². The Bertz CT molecular complexity index is 2660. The van der Waals surface area contributed by atoms with Crippen LogP contribution in [0.5, 0.6) is 0 Å². The van der Waals surface area contributed by atoms with Crippen LogP contribution < -0.4 is 0 Å². The largest absolute Gasteiger partial charge is 0.492 e. The maximum atomic E-state index is 11.6. The molecule has 0 aromatic heterocycles. The Kier molecular flexibility index (Phi) is 41.8. The Hall–Kier alpha value is -7.36.